The zero-order valence-corrected chi connectivity index (χ0v) is 19.6. The Kier molecular flexibility index (Phi) is 7.60. The lowest BCUT2D eigenvalue weighted by atomic mass is 10.0. The van der Waals surface area contributed by atoms with Gasteiger partial charge in [-0.25, -0.2) is 9.98 Å². The highest BCUT2D eigenvalue weighted by Crippen LogP contribution is 2.25. The highest BCUT2D eigenvalue weighted by Gasteiger charge is 2.25. The van der Waals surface area contributed by atoms with Crippen molar-refractivity contribution in [2.75, 3.05) is 64.4 Å². The van der Waals surface area contributed by atoms with E-state index in [0.29, 0.717) is 13.2 Å². The second-order valence-corrected chi connectivity index (χ2v) is 8.65. The minimum atomic E-state index is 0.0679. The number of guanidine groups is 1. The number of ether oxygens (including phenoxy) is 1. The number of anilines is 1. The SMILES string of the molecule is CCNC(=NCc1ccc(N2CCN(C)CC2)nc1)N1CCOC(c2ccccc2C)C1. The number of aryl methyl sites for hydroxylation is 1. The molecule has 0 radical (unpaired) electrons. The summed E-state index contributed by atoms with van der Waals surface area (Å²) < 4.78 is 6.10. The van der Waals surface area contributed by atoms with Crippen molar-refractivity contribution in [1.82, 2.24) is 20.1 Å². The fraction of sp³-hybridized carbons (Fsp3) is 0.520. The van der Waals surface area contributed by atoms with Gasteiger partial charge in [0.15, 0.2) is 5.96 Å². The predicted molar refractivity (Wildman–Crippen MR) is 130 cm³/mol. The predicted octanol–water partition coefficient (Wildman–Crippen LogP) is 2.68. The summed E-state index contributed by atoms with van der Waals surface area (Å²) in [4.78, 5) is 16.7. The van der Waals surface area contributed by atoms with Crippen molar-refractivity contribution >= 4 is 11.8 Å². The summed E-state index contributed by atoms with van der Waals surface area (Å²) in [5.74, 6) is 2.00. The molecule has 4 rings (SSSR count). The molecule has 2 aromatic rings. The van der Waals surface area contributed by atoms with Crippen LogP contribution >= 0.6 is 0 Å². The van der Waals surface area contributed by atoms with E-state index in [1.807, 2.05) is 6.20 Å². The Morgan fingerprint density at radius 3 is 2.66 bits per heavy atom. The van der Waals surface area contributed by atoms with Crippen LogP contribution in [0.1, 0.15) is 29.7 Å². The fourth-order valence-electron chi connectivity index (χ4n) is 4.30. The number of aliphatic imine (C=N–C) groups is 1. The van der Waals surface area contributed by atoms with Gasteiger partial charge in [0.05, 0.1) is 19.7 Å². The number of benzene rings is 1. The Labute approximate surface area is 192 Å². The maximum Gasteiger partial charge on any atom is 0.194 e. The molecule has 2 saturated heterocycles. The molecule has 2 aliphatic rings. The molecule has 32 heavy (non-hydrogen) atoms. The normalized spacial score (nSPS) is 20.5. The van der Waals surface area contributed by atoms with Crippen LogP contribution in [0, 0.1) is 6.92 Å². The Bertz CT molecular complexity index is 892. The average Bonchev–Trinajstić information content (AvgIpc) is 2.83. The summed E-state index contributed by atoms with van der Waals surface area (Å²) in [6.07, 6.45) is 2.04. The molecule has 2 fully saturated rings. The molecule has 3 heterocycles. The third-order valence-electron chi connectivity index (χ3n) is 6.28. The number of hydrogen-bond donors (Lipinski definition) is 1. The second-order valence-electron chi connectivity index (χ2n) is 8.65. The highest BCUT2D eigenvalue weighted by molar-refractivity contribution is 5.80. The summed E-state index contributed by atoms with van der Waals surface area (Å²) in [6, 6.07) is 12.8. The van der Waals surface area contributed by atoms with Crippen molar-refractivity contribution in [3.8, 4) is 0 Å². The minimum Gasteiger partial charge on any atom is -0.370 e. The number of piperazine rings is 1. The van der Waals surface area contributed by atoms with Gasteiger partial charge in [0.2, 0.25) is 0 Å². The van der Waals surface area contributed by atoms with Crippen LogP contribution in [-0.2, 0) is 11.3 Å². The number of nitrogens with zero attached hydrogens (tertiary/aromatic N) is 5. The quantitative estimate of drug-likeness (QED) is 0.575. The van der Waals surface area contributed by atoms with Gasteiger partial charge in [-0.15, -0.1) is 0 Å². The lowest BCUT2D eigenvalue weighted by molar-refractivity contribution is -0.00834. The minimum absolute atomic E-state index is 0.0679. The first-order chi connectivity index (χ1) is 15.6. The molecule has 0 aliphatic carbocycles. The lowest BCUT2D eigenvalue weighted by Crippen LogP contribution is -2.48. The monoisotopic (exact) mass is 436 g/mol. The smallest absolute Gasteiger partial charge is 0.194 e. The van der Waals surface area contributed by atoms with E-state index < -0.39 is 0 Å². The van der Waals surface area contributed by atoms with Crippen LogP contribution in [-0.4, -0.2) is 80.2 Å². The molecular weight excluding hydrogens is 400 g/mol. The molecule has 7 heteroatoms. The Balaban J connectivity index is 1.41. The van der Waals surface area contributed by atoms with E-state index in [1.165, 1.54) is 11.1 Å². The van der Waals surface area contributed by atoms with E-state index in [9.17, 15) is 0 Å². The molecule has 0 spiro atoms. The molecule has 2 aliphatic heterocycles. The number of hydrogen-bond acceptors (Lipinski definition) is 5. The maximum absolute atomic E-state index is 6.10. The van der Waals surface area contributed by atoms with E-state index in [1.54, 1.807) is 0 Å². The van der Waals surface area contributed by atoms with Gasteiger partial charge in [0.1, 0.15) is 11.9 Å². The van der Waals surface area contributed by atoms with Crippen molar-refractivity contribution in [2.24, 2.45) is 4.99 Å². The van der Waals surface area contributed by atoms with Crippen LogP contribution in [0.4, 0.5) is 5.82 Å². The third kappa shape index (κ3) is 5.58. The number of morpholine rings is 1. The van der Waals surface area contributed by atoms with Crippen LogP contribution < -0.4 is 10.2 Å². The van der Waals surface area contributed by atoms with E-state index in [2.05, 4.69) is 77.3 Å². The number of likely N-dealkylation sites (N-methyl/N-ethyl adjacent to an activating group) is 1. The molecule has 1 aromatic heterocycles. The number of aromatic nitrogens is 1. The van der Waals surface area contributed by atoms with Crippen LogP contribution in [0.5, 0.6) is 0 Å². The first kappa shape index (κ1) is 22.6. The molecule has 1 aromatic carbocycles. The first-order valence-electron chi connectivity index (χ1n) is 11.7. The summed E-state index contributed by atoms with van der Waals surface area (Å²) in [6.45, 7) is 12.3. The van der Waals surface area contributed by atoms with Crippen molar-refractivity contribution < 1.29 is 4.74 Å². The van der Waals surface area contributed by atoms with Crippen LogP contribution in [0.2, 0.25) is 0 Å². The van der Waals surface area contributed by atoms with Crippen molar-refractivity contribution in [3.05, 3.63) is 59.3 Å². The third-order valence-corrected chi connectivity index (χ3v) is 6.28. The van der Waals surface area contributed by atoms with E-state index in [-0.39, 0.29) is 6.10 Å². The Morgan fingerprint density at radius 1 is 1.12 bits per heavy atom. The van der Waals surface area contributed by atoms with Crippen molar-refractivity contribution in [3.63, 3.8) is 0 Å². The fourth-order valence-corrected chi connectivity index (χ4v) is 4.30. The largest absolute Gasteiger partial charge is 0.370 e. The Morgan fingerprint density at radius 2 is 1.94 bits per heavy atom. The standard InChI is InChI=1S/C25H36N6O/c1-4-26-25(31-15-16-32-23(19-31)22-8-6-5-7-20(22)2)28-18-21-9-10-24(27-17-21)30-13-11-29(3)12-14-30/h5-10,17,23H,4,11-16,18-19H2,1-3H3,(H,26,28). The molecule has 0 bridgehead atoms. The lowest BCUT2D eigenvalue weighted by Gasteiger charge is -2.35. The summed E-state index contributed by atoms with van der Waals surface area (Å²) in [5.41, 5.74) is 3.66. The van der Waals surface area contributed by atoms with Crippen LogP contribution in [0.25, 0.3) is 0 Å². The summed E-state index contributed by atoms with van der Waals surface area (Å²) in [5, 5.41) is 3.46. The van der Waals surface area contributed by atoms with Gasteiger partial charge >= 0.3 is 0 Å². The number of pyridine rings is 1. The topological polar surface area (TPSA) is 56.2 Å². The van der Waals surface area contributed by atoms with Gasteiger partial charge in [0.25, 0.3) is 0 Å². The molecule has 7 nitrogen and oxygen atoms in total. The van der Waals surface area contributed by atoms with Gasteiger partial charge in [-0.1, -0.05) is 30.3 Å². The number of nitrogens with one attached hydrogen (secondary N) is 1. The molecule has 1 N–H and O–H groups in total. The average molecular weight is 437 g/mol. The highest BCUT2D eigenvalue weighted by atomic mass is 16.5. The second kappa shape index (κ2) is 10.8. The summed E-state index contributed by atoms with van der Waals surface area (Å²) in [7, 11) is 2.17. The van der Waals surface area contributed by atoms with Gasteiger partial charge < -0.3 is 24.8 Å². The molecule has 0 saturated carbocycles. The Hall–Kier alpha value is -2.64. The van der Waals surface area contributed by atoms with Gasteiger partial charge in [-0.2, -0.15) is 0 Å². The first-order valence-corrected chi connectivity index (χ1v) is 11.7. The van der Waals surface area contributed by atoms with Crippen LogP contribution in [0.15, 0.2) is 47.6 Å². The van der Waals surface area contributed by atoms with Crippen molar-refractivity contribution in [1.29, 1.82) is 0 Å². The molecule has 1 unspecified atom stereocenters. The van der Waals surface area contributed by atoms with E-state index in [4.69, 9.17) is 14.7 Å². The molecule has 0 amide bonds. The summed E-state index contributed by atoms with van der Waals surface area (Å²) >= 11 is 0. The zero-order chi connectivity index (χ0) is 22.3. The molecular formula is C25H36N6O. The molecule has 1 atom stereocenters. The molecule has 172 valence electrons. The van der Waals surface area contributed by atoms with Gasteiger partial charge in [-0.05, 0) is 43.7 Å². The maximum atomic E-state index is 6.10. The number of rotatable bonds is 5. The van der Waals surface area contributed by atoms with Crippen molar-refractivity contribution in [2.45, 2.75) is 26.5 Å². The van der Waals surface area contributed by atoms with E-state index in [0.717, 1.165) is 63.2 Å². The van der Waals surface area contributed by atoms with E-state index >= 15 is 0 Å². The van der Waals surface area contributed by atoms with Crippen LogP contribution in [0.3, 0.4) is 0 Å². The van der Waals surface area contributed by atoms with Gasteiger partial charge in [0, 0.05) is 45.5 Å². The van der Waals surface area contributed by atoms with Gasteiger partial charge in [-0.3, -0.25) is 0 Å². The zero-order valence-electron chi connectivity index (χ0n) is 19.6.